The number of benzene rings is 1. The summed E-state index contributed by atoms with van der Waals surface area (Å²) < 4.78 is 1.78. The molecule has 8 heteroatoms. The number of aromatic carboxylic acids is 1. The quantitative estimate of drug-likeness (QED) is 0.750. The standard InChI is InChI=1S/C14H12N6O2/c1-8(2)19-12-5-4-9(6-10(12)13(15-3)18-19)20-16-7-11(17-20)14(21)22/h4-8H,1-2H3,(H,21,22). The number of rotatable bonds is 3. The largest absolute Gasteiger partial charge is 0.476 e. The van der Waals surface area contributed by atoms with E-state index in [2.05, 4.69) is 20.1 Å². The predicted octanol–water partition coefficient (Wildman–Crippen LogP) is 2.45. The lowest BCUT2D eigenvalue weighted by atomic mass is 10.2. The van der Waals surface area contributed by atoms with Gasteiger partial charge in [0, 0.05) is 5.39 Å². The Hall–Kier alpha value is -3.21. The average molecular weight is 296 g/mol. The molecular weight excluding hydrogens is 284 g/mol. The normalized spacial score (nSPS) is 11.0. The van der Waals surface area contributed by atoms with Crippen LogP contribution in [0.15, 0.2) is 24.4 Å². The first-order valence-corrected chi connectivity index (χ1v) is 6.57. The number of hydrogen-bond acceptors (Lipinski definition) is 4. The van der Waals surface area contributed by atoms with E-state index in [1.165, 1.54) is 11.0 Å². The zero-order chi connectivity index (χ0) is 15.9. The highest BCUT2D eigenvalue weighted by atomic mass is 16.4. The van der Waals surface area contributed by atoms with Crippen molar-refractivity contribution in [2.24, 2.45) is 0 Å². The molecule has 0 saturated heterocycles. The second-order valence-electron chi connectivity index (χ2n) is 5.00. The van der Waals surface area contributed by atoms with Crippen LogP contribution >= 0.6 is 0 Å². The second kappa shape index (κ2) is 4.96. The van der Waals surface area contributed by atoms with Crippen molar-refractivity contribution in [2.45, 2.75) is 19.9 Å². The lowest BCUT2D eigenvalue weighted by Crippen LogP contribution is -2.03. The van der Waals surface area contributed by atoms with Gasteiger partial charge < -0.3 is 9.95 Å². The van der Waals surface area contributed by atoms with E-state index in [1.807, 2.05) is 19.9 Å². The molecule has 0 unspecified atom stereocenters. The van der Waals surface area contributed by atoms with E-state index in [-0.39, 0.29) is 11.7 Å². The fourth-order valence-corrected chi connectivity index (χ4v) is 2.20. The number of fused-ring (bicyclic) bond motifs is 1. The molecule has 1 N–H and O–H groups in total. The van der Waals surface area contributed by atoms with Crippen molar-refractivity contribution in [3.05, 3.63) is 41.5 Å². The Morgan fingerprint density at radius 2 is 2.14 bits per heavy atom. The van der Waals surface area contributed by atoms with Crippen molar-refractivity contribution in [2.75, 3.05) is 0 Å². The third-order valence-electron chi connectivity index (χ3n) is 3.21. The molecule has 0 saturated carbocycles. The maximum atomic E-state index is 10.9. The summed E-state index contributed by atoms with van der Waals surface area (Å²) in [6, 6.07) is 5.46. The molecule has 0 bridgehead atoms. The van der Waals surface area contributed by atoms with Crippen molar-refractivity contribution in [3.8, 4) is 5.69 Å². The highest BCUT2D eigenvalue weighted by molar-refractivity contribution is 5.92. The summed E-state index contributed by atoms with van der Waals surface area (Å²) in [7, 11) is 0. The van der Waals surface area contributed by atoms with E-state index in [1.54, 1.807) is 16.8 Å². The van der Waals surface area contributed by atoms with Crippen molar-refractivity contribution >= 4 is 22.7 Å². The number of hydrogen-bond donors (Lipinski definition) is 1. The van der Waals surface area contributed by atoms with Gasteiger partial charge in [0.1, 0.15) is 0 Å². The van der Waals surface area contributed by atoms with Gasteiger partial charge in [-0.2, -0.15) is 14.6 Å². The number of carbonyl (C=O) groups is 1. The molecule has 0 aliphatic carbocycles. The SMILES string of the molecule is [C-]#[N+]c1nn(C(C)C)c2ccc(-n3ncc(C(=O)O)n3)cc12. The highest BCUT2D eigenvalue weighted by Gasteiger charge is 2.16. The summed E-state index contributed by atoms with van der Waals surface area (Å²) in [5, 5.41) is 21.7. The van der Waals surface area contributed by atoms with Crippen LogP contribution < -0.4 is 0 Å². The third-order valence-corrected chi connectivity index (χ3v) is 3.21. The smallest absolute Gasteiger partial charge is 0.358 e. The fourth-order valence-electron chi connectivity index (χ4n) is 2.20. The minimum Gasteiger partial charge on any atom is -0.476 e. The van der Waals surface area contributed by atoms with Gasteiger partial charge in [-0.3, -0.25) is 0 Å². The summed E-state index contributed by atoms with van der Waals surface area (Å²) in [5.74, 6) is -0.835. The number of aromatic nitrogens is 5. The van der Waals surface area contributed by atoms with E-state index in [4.69, 9.17) is 11.7 Å². The molecule has 2 heterocycles. The summed E-state index contributed by atoms with van der Waals surface area (Å²) in [6.07, 6.45) is 1.18. The molecular formula is C14H12N6O2. The van der Waals surface area contributed by atoms with Crippen LogP contribution in [0.25, 0.3) is 21.4 Å². The van der Waals surface area contributed by atoms with Crippen molar-refractivity contribution in [1.29, 1.82) is 0 Å². The van der Waals surface area contributed by atoms with Gasteiger partial charge in [-0.1, -0.05) is 6.57 Å². The van der Waals surface area contributed by atoms with E-state index in [0.717, 1.165) is 5.52 Å². The Morgan fingerprint density at radius 1 is 1.36 bits per heavy atom. The van der Waals surface area contributed by atoms with Gasteiger partial charge in [-0.15, -0.1) is 5.10 Å². The van der Waals surface area contributed by atoms with Crippen molar-refractivity contribution in [1.82, 2.24) is 24.8 Å². The molecule has 0 atom stereocenters. The van der Waals surface area contributed by atoms with Gasteiger partial charge in [0.05, 0.1) is 23.4 Å². The highest BCUT2D eigenvalue weighted by Crippen LogP contribution is 2.29. The van der Waals surface area contributed by atoms with Crippen LogP contribution in [0.4, 0.5) is 5.82 Å². The molecule has 0 fully saturated rings. The molecule has 0 aliphatic heterocycles. The first-order chi connectivity index (χ1) is 10.5. The Bertz CT molecular complexity index is 915. The number of carboxylic acid groups (broad SMARTS) is 1. The van der Waals surface area contributed by atoms with Crippen molar-refractivity contribution in [3.63, 3.8) is 0 Å². The van der Waals surface area contributed by atoms with Gasteiger partial charge in [0.15, 0.2) is 5.69 Å². The van der Waals surface area contributed by atoms with Crippen LogP contribution in [-0.2, 0) is 0 Å². The number of carboxylic acids is 1. The Morgan fingerprint density at radius 3 is 2.73 bits per heavy atom. The van der Waals surface area contributed by atoms with E-state index < -0.39 is 5.97 Å². The Balaban J connectivity index is 2.17. The van der Waals surface area contributed by atoms with Gasteiger partial charge in [-0.05, 0) is 37.1 Å². The third kappa shape index (κ3) is 2.09. The Labute approximate surface area is 125 Å². The topological polar surface area (TPSA) is 90.2 Å². The van der Waals surface area contributed by atoms with Gasteiger partial charge in [-0.25, -0.2) is 4.79 Å². The molecule has 8 nitrogen and oxygen atoms in total. The molecule has 2 aromatic heterocycles. The zero-order valence-electron chi connectivity index (χ0n) is 11.9. The van der Waals surface area contributed by atoms with E-state index in [9.17, 15) is 4.79 Å². The molecule has 22 heavy (non-hydrogen) atoms. The lowest BCUT2D eigenvalue weighted by molar-refractivity contribution is 0.0690. The van der Waals surface area contributed by atoms with Gasteiger partial charge in [0.2, 0.25) is 0 Å². The number of nitrogens with zero attached hydrogens (tertiary/aromatic N) is 6. The average Bonchev–Trinajstić information content (AvgIpc) is 3.11. The predicted molar refractivity (Wildman–Crippen MR) is 78.3 cm³/mol. The molecule has 110 valence electrons. The monoisotopic (exact) mass is 296 g/mol. The van der Waals surface area contributed by atoms with E-state index >= 15 is 0 Å². The minimum absolute atomic E-state index is 0.130. The molecule has 3 aromatic rings. The van der Waals surface area contributed by atoms with Crippen LogP contribution in [0, 0.1) is 6.57 Å². The lowest BCUT2D eigenvalue weighted by Gasteiger charge is -2.04. The molecule has 0 amide bonds. The van der Waals surface area contributed by atoms with Crippen molar-refractivity contribution < 1.29 is 9.90 Å². The fraction of sp³-hybridized carbons (Fsp3) is 0.214. The maximum absolute atomic E-state index is 10.9. The first kappa shape index (κ1) is 13.8. The summed E-state index contributed by atoms with van der Waals surface area (Å²) in [6.45, 7) is 11.2. The summed E-state index contributed by atoms with van der Waals surface area (Å²) in [5.41, 5.74) is 1.28. The van der Waals surface area contributed by atoms with Crippen LogP contribution in [0.2, 0.25) is 0 Å². The molecule has 1 aromatic carbocycles. The summed E-state index contributed by atoms with van der Waals surface area (Å²) in [4.78, 5) is 15.5. The van der Waals surface area contributed by atoms with E-state index in [0.29, 0.717) is 16.9 Å². The van der Waals surface area contributed by atoms with Crippen LogP contribution in [-0.4, -0.2) is 35.9 Å². The minimum atomic E-state index is -1.14. The van der Waals surface area contributed by atoms with Gasteiger partial charge in [0.25, 0.3) is 0 Å². The maximum Gasteiger partial charge on any atom is 0.358 e. The molecule has 3 rings (SSSR count). The zero-order valence-corrected chi connectivity index (χ0v) is 11.9. The van der Waals surface area contributed by atoms with Crippen LogP contribution in [0.5, 0.6) is 0 Å². The first-order valence-electron chi connectivity index (χ1n) is 6.57. The van der Waals surface area contributed by atoms with Crippen LogP contribution in [0.3, 0.4) is 0 Å². The molecule has 0 spiro atoms. The second-order valence-corrected chi connectivity index (χ2v) is 5.00. The summed E-state index contributed by atoms with van der Waals surface area (Å²) >= 11 is 0. The molecule has 0 aliphatic rings. The molecule has 0 radical (unpaired) electrons. The Kier molecular flexibility index (Phi) is 3.10. The van der Waals surface area contributed by atoms with Gasteiger partial charge >= 0.3 is 11.8 Å². The van der Waals surface area contributed by atoms with Crippen LogP contribution in [0.1, 0.15) is 30.4 Å².